The summed E-state index contributed by atoms with van der Waals surface area (Å²) < 4.78 is 7.21. The first-order chi connectivity index (χ1) is 8.13. The first-order valence-electron chi connectivity index (χ1n) is 5.50. The Hall–Kier alpha value is -1.48. The van der Waals surface area contributed by atoms with Crippen LogP contribution in [0.3, 0.4) is 0 Å². The number of halogens is 1. The van der Waals surface area contributed by atoms with Crippen LogP contribution in [0.4, 0.5) is 0 Å². The molecule has 0 aliphatic heterocycles. The van der Waals surface area contributed by atoms with Gasteiger partial charge in [-0.15, -0.1) is 0 Å². The van der Waals surface area contributed by atoms with Crippen LogP contribution >= 0.6 is 11.6 Å². The van der Waals surface area contributed by atoms with E-state index in [-0.39, 0.29) is 6.04 Å². The van der Waals surface area contributed by atoms with Crippen LogP contribution in [-0.4, -0.2) is 16.7 Å². The van der Waals surface area contributed by atoms with Crippen molar-refractivity contribution in [2.75, 3.05) is 7.11 Å². The Balaban J connectivity index is 2.52. The molecule has 0 spiro atoms. The van der Waals surface area contributed by atoms with Gasteiger partial charge in [0.1, 0.15) is 16.7 Å². The average Bonchev–Trinajstić information content (AvgIpc) is 2.71. The van der Waals surface area contributed by atoms with Gasteiger partial charge in [0.05, 0.1) is 13.3 Å². The number of ether oxygens (including phenoxy) is 1. The van der Waals surface area contributed by atoms with Crippen molar-refractivity contribution in [1.82, 2.24) is 9.55 Å². The van der Waals surface area contributed by atoms with Crippen molar-refractivity contribution in [2.24, 2.45) is 0 Å². The summed E-state index contributed by atoms with van der Waals surface area (Å²) in [6, 6.07) is 8.08. The molecule has 0 fully saturated rings. The van der Waals surface area contributed by atoms with E-state index in [1.165, 1.54) is 0 Å². The topological polar surface area (TPSA) is 27.1 Å². The number of hydrogen-bond acceptors (Lipinski definition) is 2. The zero-order chi connectivity index (χ0) is 12.4. The molecule has 0 radical (unpaired) electrons. The van der Waals surface area contributed by atoms with Gasteiger partial charge in [0.2, 0.25) is 0 Å². The molecule has 2 aromatic rings. The summed E-state index contributed by atoms with van der Waals surface area (Å²) in [5.41, 5.74) is 1.00. The average molecular weight is 251 g/mol. The van der Waals surface area contributed by atoms with Crippen LogP contribution in [0.15, 0.2) is 30.5 Å². The predicted octanol–water partition coefficient (Wildman–Crippen LogP) is 3.79. The fourth-order valence-electron chi connectivity index (χ4n) is 1.81. The molecule has 0 saturated carbocycles. The van der Waals surface area contributed by atoms with E-state index < -0.39 is 0 Å². The third kappa shape index (κ3) is 2.29. The first kappa shape index (κ1) is 12.0. The molecule has 17 heavy (non-hydrogen) atoms. The second-order valence-corrected chi connectivity index (χ2v) is 4.49. The molecule has 1 aromatic carbocycles. The minimum absolute atomic E-state index is 0.270. The maximum absolute atomic E-state index is 6.13. The van der Waals surface area contributed by atoms with E-state index in [2.05, 4.69) is 18.8 Å². The Kier molecular flexibility index (Phi) is 3.38. The van der Waals surface area contributed by atoms with Gasteiger partial charge < -0.3 is 9.30 Å². The maximum atomic E-state index is 6.13. The molecule has 4 heteroatoms. The maximum Gasteiger partial charge on any atom is 0.141 e. The molecule has 0 aliphatic carbocycles. The smallest absolute Gasteiger partial charge is 0.141 e. The van der Waals surface area contributed by atoms with Crippen LogP contribution in [0.2, 0.25) is 5.15 Å². The molecular weight excluding hydrogens is 236 g/mol. The Morgan fingerprint density at radius 3 is 2.76 bits per heavy atom. The molecule has 0 amide bonds. The standard InChI is InChI=1S/C13H15ClN2O/c1-9(2)16-12(14)8-15-13(16)10-5-4-6-11(7-10)17-3/h4-9H,1-3H3. The quantitative estimate of drug-likeness (QED) is 0.829. The van der Waals surface area contributed by atoms with Gasteiger partial charge in [0, 0.05) is 11.6 Å². The minimum Gasteiger partial charge on any atom is -0.497 e. The van der Waals surface area contributed by atoms with Gasteiger partial charge in [-0.05, 0) is 26.0 Å². The molecule has 0 N–H and O–H groups in total. The van der Waals surface area contributed by atoms with Gasteiger partial charge in [-0.2, -0.15) is 0 Å². The normalized spacial score (nSPS) is 10.9. The lowest BCUT2D eigenvalue weighted by atomic mass is 10.2. The van der Waals surface area contributed by atoms with Gasteiger partial charge in [-0.25, -0.2) is 4.98 Å². The van der Waals surface area contributed by atoms with E-state index in [1.54, 1.807) is 13.3 Å². The Morgan fingerprint density at radius 1 is 1.35 bits per heavy atom. The van der Waals surface area contributed by atoms with Crippen molar-refractivity contribution in [3.63, 3.8) is 0 Å². The van der Waals surface area contributed by atoms with Crippen LogP contribution in [0.25, 0.3) is 11.4 Å². The number of nitrogens with zero attached hydrogens (tertiary/aromatic N) is 2. The number of aromatic nitrogens is 2. The van der Waals surface area contributed by atoms with Crippen LogP contribution in [0.1, 0.15) is 19.9 Å². The first-order valence-corrected chi connectivity index (χ1v) is 5.88. The van der Waals surface area contributed by atoms with Gasteiger partial charge in [-0.1, -0.05) is 23.7 Å². The number of rotatable bonds is 3. The second-order valence-electron chi connectivity index (χ2n) is 4.10. The summed E-state index contributed by atoms with van der Waals surface area (Å²) >= 11 is 6.13. The third-order valence-corrected chi connectivity index (χ3v) is 2.88. The van der Waals surface area contributed by atoms with Crippen LogP contribution in [-0.2, 0) is 0 Å². The number of hydrogen-bond donors (Lipinski definition) is 0. The van der Waals surface area contributed by atoms with E-state index >= 15 is 0 Å². The Bertz CT molecular complexity index is 520. The summed E-state index contributed by atoms with van der Waals surface area (Å²) in [5.74, 6) is 1.68. The highest BCUT2D eigenvalue weighted by atomic mass is 35.5. The molecule has 90 valence electrons. The Labute approximate surface area is 106 Å². The largest absolute Gasteiger partial charge is 0.497 e. The zero-order valence-electron chi connectivity index (χ0n) is 10.1. The van der Waals surface area contributed by atoms with Gasteiger partial charge >= 0.3 is 0 Å². The fraction of sp³-hybridized carbons (Fsp3) is 0.308. The molecule has 0 bridgehead atoms. The highest BCUT2D eigenvalue weighted by Crippen LogP contribution is 2.28. The lowest BCUT2D eigenvalue weighted by molar-refractivity contribution is 0.415. The van der Waals surface area contributed by atoms with Gasteiger partial charge in [0.25, 0.3) is 0 Å². The fourth-order valence-corrected chi connectivity index (χ4v) is 2.13. The summed E-state index contributed by atoms with van der Waals surface area (Å²) in [6.07, 6.45) is 1.68. The molecule has 0 unspecified atom stereocenters. The third-order valence-electron chi connectivity index (χ3n) is 2.60. The number of methoxy groups -OCH3 is 1. The van der Waals surface area contributed by atoms with Crippen molar-refractivity contribution < 1.29 is 4.74 Å². The summed E-state index contributed by atoms with van der Waals surface area (Å²) in [4.78, 5) is 4.36. The van der Waals surface area contributed by atoms with Crippen LogP contribution < -0.4 is 4.74 Å². The lowest BCUT2D eigenvalue weighted by Gasteiger charge is -2.13. The van der Waals surface area contributed by atoms with Crippen molar-refractivity contribution in [3.8, 4) is 17.1 Å². The van der Waals surface area contributed by atoms with Crippen molar-refractivity contribution in [3.05, 3.63) is 35.6 Å². The Morgan fingerprint density at radius 2 is 2.12 bits per heavy atom. The van der Waals surface area contributed by atoms with E-state index in [9.17, 15) is 0 Å². The summed E-state index contributed by atoms with van der Waals surface area (Å²) in [6.45, 7) is 4.16. The molecule has 0 saturated heterocycles. The molecule has 1 heterocycles. The van der Waals surface area contributed by atoms with E-state index in [1.807, 2.05) is 28.8 Å². The lowest BCUT2D eigenvalue weighted by Crippen LogP contribution is -2.03. The molecule has 2 rings (SSSR count). The van der Waals surface area contributed by atoms with E-state index in [0.29, 0.717) is 5.15 Å². The molecule has 0 atom stereocenters. The second kappa shape index (κ2) is 4.80. The molecular formula is C13H15ClN2O. The highest BCUT2D eigenvalue weighted by Gasteiger charge is 2.13. The number of imidazole rings is 1. The minimum atomic E-state index is 0.270. The molecule has 0 aliphatic rings. The van der Waals surface area contributed by atoms with Crippen molar-refractivity contribution in [2.45, 2.75) is 19.9 Å². The van der Waals surface area contributed by atoms with Gasteiger partial charge in [-0.3, -0.25) is 0 Å². The van der Waals surface area contributed by atoms with Crippen molar-refractivity contribution in [1.29, 1.82) is 0 Å². The molecule has 1 aromatic heterocycles. The molecule has 3 nitrogen and oxygen atoms in total. The predicted molar refractivity (Wildman–Crippen MR) is 69.6 cm³/mol. The van der Waals surface area contributed by atoms with Crippen LogP contribution in [0.5, 0.6) is 5.75 Å². The van der Waals surface area contributed by atoms with Crippen LogP contribution in [0, 0.1) is 0 Å². The SMILES string of the molecule is COc1cccc(-c2ncc(Cl)n2C(C)C)c1. The summed E-state index contributed by atoms with van der Waals surface area (Å²) in [7, 11) is 1.65. The number of benzene rings is 1. The van der Waals surface area contributed by atoms with E-state index in [0.717, 1.165) is 17.1 Å². The zero-order valence-corrected chi connectivity index (χ0v) is 10.9. The van der Waals surface area contributed by atoms with Crippen molar-refractivity contribution >= 4 is 11.6 Å². The summed E-state index contributed by atoms with van der Waals surface area (Å²) in [5, 5.41) is 0.651. The van der Waals surface area contributed by atoms with Gasteiger partial charge in [0.15, 0.2) is 0 Å². The van der Waals surface area contributed by atoms with E-state index in [4.69, 9.17) is 16.3 Å². The highest BCUT2D eigenvalue weighted by molar-refractivity contribution is 6.29. The monoisotopic (exact) mass is 250 g/mol.